The molecule has 0 saturated carbocycles. The molecular formula is C26H26N2O6. The predicted octanol–water partition coefficient (Wildman–Crippen LogP) is 3.79. The van der Waals surface area contributed by atoms with Crippen molar-refractivity contribution >= 4 is 28.4 Å². The van der Waals surface area contributed by atoms with Gasteiger partial charge in [0.05, 0.1) is 24.3 Å². The van der Waals surface area contributed by atoms with Crippen molar-refractivity contribution in [3.8, 4) is 11.5 Å². The molecule has 2 aromatic carbocycles. The smallest absolute Gasteiger partial charge is 0.295 e. The van der Waals surface area contributed by atoms with E-state index in [4.69, 9.17) is 14.2 Å². The summed E-state index contributed by atoms with van der Waals surface area (Å²) in [5.41, 5.74) is 2.03. The van der Waals surface area contributed by atoms with Crippen LogP contribution in [0.25, 0.3) is 16.7 Å². The molecule has 3 heterocycles. The van der Waals surface area contributed by atoms with Gasteiger partial charge in [0.2, 0.25) is 0 Å². The maximum atomic E-state index is 13.2. The van der Waals surface area contributed by atoms with Gasteiger partial charge in [-0.2, -0.15) is 0 Å². The molecule has 1 atom stereocenters. The van der Waals surface area contributed by atoms with Crippen molar-refractivity contribution in [2.75, 3.05) is 26.4 Å². The third kappa shape index (κ3) is 3.80. The zero-order chi connectivity index (χ0) is 23.8. The van der Waals surface area contributed by atoms with Gasteiger partial charge < -0.3 is 29.2 Å². The Morgan fingerprint density at radius 1 is 1.15 bits per heavy atom. The van der Waals surface area contributed by atoms with Gasteiger partial charge in [-0.25, -0.2) is 0 Å². The SMILES string of the molecule is CC(C)OCCN1C(=O)C(=O)/C(=C(/O)c2ccc3c(c2)OCCO3)C1c1c[nH]c2ccccc12. The summed E-state index contributed by atoms with van der Waals surface area (Å²) < 4.78 is 16.9. The van der Waals surface area contributed by atoms with Crippen LogP contribution in [0.5, 0.6) is 11.5 Å². The number of benzene rings is 2. The van der Waals surface area contributed by atoms with E-state index < -0.39 is 17.7 Å². The summed E-state index contributed by atoms with van der Waals surface area (Å²) in [6.45, 7) is 5.15. The fourth-order valence-electron chi connectivity index (χ4n) is 4.49. The van der Waals surface area contributed by atoms with Crippen LogP contribution in [0.2, 0.25) is 0 Å². The number of amides is 1. The highest BCUT2D eigenvalue weighted by Crippen LogP contribution is 2.42. The van der Waals surface area contributed by atoms with E-state index in [1.54, 1.807) is 24.4 Å². The largest absolute Gasteiger partial charge is 0.507 e. The molecule has 1 unspecified atom stereocenters. The topological polar surface area (TPSA) is 101 Å². The van der Waals surface area contributed by atoms with Crippen molar-refractivity contribution in [3.05, 3.63) is 65.4 Å². The highest BCUT2D eigenvalue weighted by molar-refractivity contribution is 6.46. The first kappa shape index (κ1) is 22.0. The highest BCUT2D eigenvalue weighted by Gasteiger charge is 2.46. The third-order valence-electron chi connectivity index (χ3n) is 6.05. The lowest BCUT2D eigenvalue weighted by Gasteiger charge is -2.25. The third-order valence-corrected chi connectivity index (χ3v) is 6.05. The number of ether oxygens (including phenoxy) is 3. The molecule has 8 heteroatoms. The first-order valence-corrected chi connectivity index (χ1v) is 11.3. The van der Waals surface area contributed by atoms with Gasteiger partial charge in [-0.3, -0.25) is 9.59 Å². The fraction of sp³-hybridized carbons (Fsp3) is 0.308. The standard InChI is InChI=1S/C26H26N2O6/c1-15(2)32-10-9-28-23(18-14-27-19-6-4-3-5-17(18)19)22(25(30)26(28)31)24(29)16-7-8-20-21(13-16)34-12-11-33-20/h3-8,13-15,23,27,29H,9-12H2,1-2H3/b24-22+. The lowest BCUT2D eigenvalue weighted by atomic mass is 9.95. The summed E-state index contributed by atoms with van der Waals surface area (Å²) in [5.74, 6) is -0.590. The van der Waals surface area contributed by atoms with E-state index in [1.165, 1.54) is 4.90 Å². The van der Waals surface area contributed by atoms with Crippen LogP contribution in [0.15, 0.2) is 54.2 Å². The molecule has 0 aliphatic carbocycles. The molecule has 2 N–H and O–H groups in total. The maximum Gasteiger partial charge on any atom is 0.295 e. The molecule has 0 spiro atoms. The van der Waals surface area contributed by atoms with Gasteiger partial charge >= 0.3 is 0 Å². The number of para-hydroxylation sites is 1. The number of aliphatic hydroxyl groups excluding tert-OH is 1. The Kier molecular flexibility index (Phi) is 5.75. The number of nitrogens with zero attached hydrogens (tertiary/aromatic N) is 1. The average Bonchev–Trinajstić information content (AvgIpc) is 3.37. The van der Waals surface area contributed by atoms with Crippen LogP contribution in [0.3, 0.4) is 0 Å². The van der Waals surface area contributed by atoms with Crippen molar-refractivity contribution in [1.82, 2.24) is 9.88 Å². The minimum Gasteiger partial charge on any atom is -0.507 e. The Balaban J connectivity index is 1.63. The minimum atomic E-state index is -0.764. The van der Waals surface area contributed by atoms with Crippen molar-refractivity contribution < 1.29 is 28.9 Å². The van der Waals surface area contributed by atoms with E-state index in [9.17, 15) is 14.7 Å². The number of hydrogen-bond acceptors (Lipinski definition) is 6. The fourth-order valence-corrected chi connectivity index (χ4v) is 4.49. The molecule has 5 rings (SSSR count). The molecule has 34 heavy (non-hydrogen) atoms. The summed E-state index contributed by atoms with van der Waals surface area (Å²) in [4.78, 5) is 31.0. The summed E-state index contributed by atoms with van der Waals surface area (Å²) in [5, 5.41) is 12.2. The maximum absolute atomic E-state index is 13.2. The summed E-state index contributed by atoms with van der Waals surface area (Å²) in [7, 11) is 0. The zero-order valence-corrected chi connectivity index (χ0v) is 19.0. The van der Waals surface area contributed by atoms with E-state index in [1.807, 2.05) is 38.1 Å². The van der Waals surface area contributed by atoms with Crippen LogP contribution in [0.4, 0.5) is 0 Å². The number of likely N-dealkylation sites (tertiary alicyclic amines) is 1. The van der Waals surface area contributed by atoms with Crippen molar-refractivity contribution in [2.45, 2.75) is 26.0 Å². The molecule has 8 nitrogen and oxygen atoms in total. The number of aromatic amines is 1. The Morgan fingerprint density at radius 2 is 1.91 bits per heavy atom. The van der Waals surface area contributed by atoms with Crippen LogP contribution >= 0.6 is 0 Å². The molecule has 0 bridgehead atoms. The molecule has 1 fully saturated rings. The van der Waals surface area contributed by atoms with Crippen LogP contribution in [0.1, 0.15) is 31.0 Å². The van der Waals surface area contributed by atoms with Crippen LogP contribution < -0.4 is 9.47 Å². The number of fused-ring (bicyclic) bond motifs is 2. The van der Waals surface area contributed by atoms with E-state index in [2.05, 4.69) is 4.98 Å². The zero-order valence-electron chi connectivity index (χ0n) is 19.0. The predicted molar refractivity (Wildman–Crippen MR) is 126 cm³/mol. The van der Waals surface area contributed by atoms with E-state index in [0.29, 0.717) is 30.3 Å². The van der Waals surface area contributed by atoms with Gasteiger partial charge in [-0.15, -0.1) is 0 Å². The molecule has 176 valence electrons. The molecule has 0 radical (unpaired) electrons. The molecule has 1 amide bonds. The van der Waals surface area contributed by atoms with E-state index in [-0.39, 0.29) is 30.6 Å². The van der Waals surface area contributed by atoms with Gasteiger partial charge in [-0.1, -0.05) is 18.2 Å². The van der Waals surface area contributed by atoms with E-state index >= 15 is 0 Å². The second-order valence-electron chi connectivity index (χ2n) is 8.56. The number of rotatable bonds is 6. The number of carbonyl (C=O) groups is 2. The lowest BCUT2D eigenvalue weighted by molar-refractivity contribution is -0.140. The number of nitrogens with one attached hydrogen (secondary N) is 1. The van der Waals surface area contributed by atoms with Gasteiger partial charge in [-0.05, 0) is 38.1 Å². The molecule has 2 aliphatic rings. The highest BCUT2D eigenvalue weighted by atomic mass is 16.6. The van der Waals surface area contributed by atoms with Gasteiger partial charge in [0.1, 0.15) is 19.0 Å². The lowest BCUT2D eigenvalue weighted by Crippen LogP contribution is -2.33. The van der Waals surface area contributed by atoms with Crippen molar-refractivity contribution in [1.29, 1.82) is 0 Å². The van der Waals surface area contributed by atoms with Crippen LogP contribution in [-0.2, 0) is 14.3 Å². The molecule has 1 aromatic heterocycles. The summed E-state index contributed by atoms with van der Waals surface area (Å²) in [6.07, 6.45) is 1.77. The van der Waals surface area contributed by atoms with E-state index in [0.717, 1.165) is 16.5 Å². The molecule has 1 saturated heterocycles. The van der Waals surface area contributed by atoms with Gasteiger partial charge in [0.25, 0.3) is 11.7 Å². The molecule has 2 aliphatic heterocycles. The average molecular weight is 463 g/mol. The van der Waals surface area contributed by atoms with Crippen LogP contribution in [-0.4, -0.2) is 59.2 Å². The molecule has 3 aromatic rings. The first-order chi connectivity index (χ1) is 16.5. The summed E-state index contributed by atoms with van der Waals surface area (Å²) in [6, 6.07) is 11.9. The quantitative estimate of drug-likeness (QED) is 0.328. The summed E-state index contributed by atoms with van der Waals surface area (Å²) >= 11 is 0. The number of hydrogen-bond donors (Lipinski definition) is 2. The van der Waals surface area contributed by atoms with Crippen molar-refractivity contribution in [3.63, 3.8) is 0 Å². The first-order valence-electron chi connectivity index (χ1n) is 11.3. The number of H-pyrrole nitrogens is 1. The van der Waals surface area contributed by atoms with Gasteiger partial charge in [0, 0.05) is 34.8 Å². The number of ketones is 1. The Hall–Kier alpha value is -3.78. The van der Waals surface area contributed by atoms with Crippen LogP contribution in [0, 0.1) is 0 Å². The Morgan fingerprint density at radius 3 is 2.71 bits per heavy atom. The second kappa shape index (κ2) is 8.87. The Labute approximate surface area is 196 Å². The Bertz CT molecular complexity index is 1290. The monoisotopic (exact) mass is 462 g/mol. The molecular weight excluding hydrogens is 436 g/mol. The second-order valence-corrected chi connectivity index (χ2v) is 8.56. The number of carbonyl (C=O) groups excluding carboxylic acids is 2. The number of aromatic nitrogens is 1. The minimum absolute atomic E-state index is 0.0129. The number of aliphatic hydroxyl groups is 1. The number of Topliss-reactive ketones (excluding diaryl/α,β-unsaturated/α-hetero) is 1. The van der Waals surface area contributed by atoms with Crippen molar-refractivity contribution in [2.24, 2.45) is 0 Å². The normalized spacial score (nSPS) is 19.4. The van der Waals surface area contributed by atoms with Gasteiger partial charge in [0.15, 0.2) is 11.5 Å².